The zero-order valence-electron chi connectivity index (χ0n) is 13.8. The second-order valence-electron chi connectivity index (χ2n) is 5.15. The first-order valence-electron chi connectivity index (χ1n) is 7.55. The smallest absolute Gasteiger partial charge is 0.302 e. The number of Topliss-reactive ketones (excluding diaryl/α,β-unsaturated/α-hetero) is 1. The molecule has 0 fully saturated rings. The largest absolute Gasteiger partial charge is 1.00 e. The second-order valence-corrected chi connectivity index (χ2v) is 5.15. The SMILES string of the molecule is CC(=O)OCCNC(=O)c1ccc[n+](CC(=O)c2ccccc2)c1.[Br-]. The Morgan fingerprint density at radius 2 is 1.72 bits per heavy atom. The third kappa shape index (κ3) is 6.84. The van der Waals surface area contributed by atoms with E-state index < -0.39 is 0 Å². The van der Waals surface area contributed by atoms with Crippen LogP contribution in [-0.4, -0.2) is 30.8 Å². The van der Waals surface area contributed by atoms with Crippen molar-refractivity contribution in [2.24, 2.45) is 0 Å². The van der Waals surface area contributed by atoms with Crippen molar-refractivity contribution >= 4 is 17.7 Å². The Kier molecular flexibility index (Phi) is 8.49. The van der Waals surface area contributed by atoms with E-state index in [4.69, 9.17) is 4.74 Å². The van der Waals surface area contributed by atoms with Crippen molar-refractivity contribution in [2.75, 3.05) is 13.2 Å². The molecule has 7 heteroatoms. The number of carbonyl (C=O) groups is 3. The molecule has 0 saturated carbocycles. The summed E-state index contributed by atoms with van der Waals surface area (Å²) in [6, 6.07) is 12.4. The minimum Gasteiger partial charge on any atom is -1.00 e. The van der Waals surface area contributed by atoms with Crippen LogP contribution in [-0.2, 0) is 16.1 Å². The molecule has 0 bridgehead atoms. The number of amides is 1. The molecule has 0 aliphatic rings. The molecular formula is C18H19BrN2O4. The number of aromatic nitrogens is 1. The Balaban J connectivity index is 0.00000312. The van der Waals surface area contributed by atoms with Crippen LogP contribution in [0.1, 0.15) is 27.6 Å². The molecule has 25 heavy (non-hydrogen) atoms. The summed E-state index contributed by atoms with van der Waals surface area (Å²) < 4.78 is 6.41. The number of nitrogens with one attached hydrogen (secondary N) is 1. The van der Waals surface area contributed by atoms with Gasteiger partial charge < -0.3 is 27.0 Å². The summed E-state index contributed by atoms with van der Waals surface area (Å²) in [7, 11) is 0. The van der Waals surface area contributed by atoms with Gasteiger partial charge in [-0.15, -0.1) is 0 Å². The first-order valence-corrected chi connectivity index (χ1v) is 7.55. The van der Waals surface area contributed by atoms with Crippen molar-refractivity contribution in [1.82, 2.24) is 5.32 Å². The lowest BCUT2D eigenvalue weighted by Gasteiger charge is -2.05. The number of hydrogen-bond donors (Lipinski definition) is 1. The lowest BCUT2D eigenvalue weighted by molar-refractivity contribution is -0.683. The van der Waals surface area contributed by atoms with Crippen LogP contribution >= 0.6 is 0 Å². The van der Waals surface area contributed by atoms with Gasteiger partial charge in [-0.05, 0) is 6.07 Å². The molecular weight excluding hydrogens is 388 g/mol. The third-order valence-electron chi connectivity index (χ3n) is 3.24. The summed E-state index contributed by atoms with van der Waals surface area (Å²) in [6.45, 7) is 1.82. The second kappa shape index (κ2) is 10.4. The molecule has 2 rings (SSSR count). The van der Waals surface area contributed by atoms with Crippen LogP contribution < -0.4 is 26.9 Å². The highest BCUT2D eigenvalue weighted by atomic mass is 79.9. The topological polar surface area (TPSA) is 76.3 Å². The van der Waals surface area contributed by atoms with Crippen LogP contribution in [0.25, 0.3) is 0 Å². The Morgan fingerprint density at radius 3 is 2.40 bits per heavy atom. The fourth-order valence-electron chi connectivity index (χ4n) is 2.10. The highest BCUT2D eigenvalue weighted by Crippen LogP contribution is 2.00. The molecule has 1 heterocycles. The first-order chi connectivity index (χ1) is 11.6. The van der Waals surface area contributed by atoms with Gasteiger partial charge in [0.1, 0.15) is 12.2 Å². The van der Waals surface area contributed by atoms with Crippen molar-refractivity contribution in [3.63, 3.8) is 0 Å². The van der Waals surface area contributed by atoms with Gasteiger partial charge in [-0.2, -0.15) is 4.57 Å². The molecule has 6 nitrogen and oxygen atoms in total. The number of nitrogens with zero attached hydrogens (tertiary/aromatic N) is 1. The number of pyridine rings is 1. The van der Waals surface area contributed by atoms with Gasteiger partial charge in [0.2, 0.25) is 12.3 Å². The van der Waals surface area contributed by atoms with Crippen LogP contribution in [0.5, 0.6) is 0 Å². The number of ketones is 1. The van der Waals surface area contributed by atoms with Crippen LogP contribution in [0, 0.1) is 0 Å². The van der Waals surface area contributed by atoms with Gasteiger partial charge >= 0.3 is 5.97 Å². The molecule has 0 spiro atoms. The van der Waals surface area contributed by atoms with Crippen LogP contribution in [0.15, 0.2) is 54.9 Å². The maximum absolute atomic E-state index is 12.2. The standard InChI is InChI=1S/C18H18N2O4.BrH/c1-14(21)24-11-9-19-18(23)16-8-5-10-20(12-16)13-17(22)15-6-3-2-4-7-15;/h2-8,10,12H,9,11,13H2,1H3;1H. The van der Waals surface area contributed by atoms with Gasteiger partial charge in [0.05, 0.1) is 6.54 Å². The number of ether oxygens (including phenoxy) is 1. The van der Waals surface area contributed by atoms with Crippen molar-refractivity contribution in [2.45, 2.75) is 13.5 Å². The highest BCUT2D eigenvalue weighted by Gasteiger charge is 2.14. The third-order valence-corrected chi connectivity index (χ3v) is 3.24. The molecule has 1 amide bonds. The van der Waals surface area contributed by atoms with E-state index in [0.717, 1.165) is 0 Å². The van der Waals surface area contributed by atoms with Gasteiger partial charge in [-0.3, -0.25) is 14.4 Å². The molecule has 132 valence electrons. The predicted octanol–water partition coefficient (Wildman–Crippen LogP) is -1.85. The maximum atomic E-state index is 12.2. The number of halogens is 1. The van der Waals surface area contributed by atoms with Crippen molar-refractivity contribution in [1.29, 1.82) is 0 Å². The summed E-state index contributed by atoms with van der Waals surface area (Å²) in [5, 5.41) is 2.65. The van der Waals surface area contributed by atoms with Gasteiger partial charge in [0, 0.05) is 18.6 Å². The van der Waals surface area contributed by atoms with Crippen molar-refractivity contribution < 1.29 is 40.7 Å². The zero-order chi connectivity index (χ0) is 17.4. The van der Waals surface area contributed by atoms with Gasteiger partial charge in [0.15, 0.2) is 12.4 Å². The average molecular weight is 407 g/mol. The van der Waals surface area contributed by atoms with E-state index >= 15 is 0 Å². The van der Waals surface area contributed by atoms with Gasteiger partial charge in [-0.1, -0.05) is 30.3 Å². The minimum absolute atomic E-state index is 0. The molecule has 0 unspecified atom stereocenters. The fourth-order valence-corrected chi connectivity index (χ4v) is 2.10. The monoisotopic (exact) mass is 406 g/mol. The Morgan fingerprint density at radius 1 is 1.04 bits per heavy atom. The van der Waals surface area contributed by atoms with E-state index in [1.807, 2.05) is 18.2 Å². The Bertz CT molecular complexity index is 735. The van der Waals surface area contributed by atoms with Crippen molar-refractivity contribution in [3.8, 4) is 0 Å². The van der Waals surface area contributed by atoms with Crippen LogP contribution in [0.2, 0.25) is 0 Å². The molecule has 0 atom stereocenters. The summed E-state index contributed by atoms with van der Waals surface area (Å²) >= 11 is 0. The first kappa shape index (κ1) is 20.5. The lowest BCUT2D eigenvalue weighted by atomic mass is 10.1. The molecule has 1 N–H and O–H groups in total. The van der Waals surface area contributed by atoms with Crippen LogP contribution in [0.3, 0.4) is 0 Å². The quantitative estimate of drug-likeness (QED) is 0.253. The lowest BCUT2D eigenvalue weighted by Crippen LogP contribution is -3.00. The number of hydrogen-bond acceptors (Lipinski definition) is 4. The molecule has 0 saturated heterocycles. The predicted molar refractivity (Wildman–Crippen MR) is 86.4 cm³/mol. The Labute approximate surface area is 156 Å². The van der Waals surface area contributed by atoms with Gasteiger partial charge in [-0.25, -0.2) is 0 Å². The van der Waals surface area contributed by atoms with E-state index in [1.165, 1.54) is 6.92 Å². The molecule has 0 aliphatic heterocycles. The normalized spacial score (nSPS) is 9.64. The summed E-state index contributed by atoms with van der Waals surface area (Å²) in [4.78, 5) is 34.9. The maximum Gasteiger partial charge on any atom is 0.302 e. The molecule has 1 aromatic carbocycles. The number of rotatable bonds is 7. The van der Waals surface area contributed by atoms with E-state index in [-0.39, 0.29) is 54.3 Å². The van der Waals surface area contributed by atoms with Gasteiger partial charge in [0.25, 0.3) is 5.91 Å². The number of carbonyl (C=O) groups excluding carboxylic acids is 3. The van der Waals surface area contributed by atoms with E-state index in [9.17, 15) is 14.4 Å². The molecule has 0 aliphatic carbocycles. The molecule has 2 aromatic rings. The van der Waals surface area contributed by atoms with Crippen molar-refractivity contribution in [3.05, 3.63) is 66.0 Å². The average Bonchev–Trinajstić information content (AvgIpc) is 2.59. The summed E-state index contributed by atoms with van der Waals surface area (Å²) in [6.07, 6.45) is 3.35. The molecule has 0 radical (unpaired) electrons. The van der Waals surface area contributed by atoms with E-state index in [2.05, 4.69) is 5.32 Å². The van der Waals surface area contributed by atoms with E-state index in [1.54, 1.807) is 41.2 Å². The minimum atomic E-state index is -0.388. The number of esters is 1. The zero-order valence-corrected chi connectivity index (χ0v) is 15.4. The summed E-state index contributed by atoms with van der Waals surface area (Å²) in [5.41, 5.74) is 1.06. The van der Waals surface area contributed by atoms with Crippen LogP contribution in [0.4, 0.5) is 0 Å². The highest BCUT2D eigenvalue weighted by molar-refractivity contribution is 5.95. The number of benzene rings is 1. The fraction of sp³-hybridized carbons (Fsp3) is 0.222. The summed E-state index contributed by atoms with van der Waals surface area (Å²) in [5.74, 6) is -0.710. The van der Waals surface area contributed by atoms with E-state index in [0.29, 0.717) is 11.1 Å². The Hall–Kier alpha value is -2.54. The molecule has 1 aromatic heterocycles.